The third-order valence-electron chi connectivity index (χ3n) is 3.73. The highest BCUT2D eigenvalue weighted by molar-refractivity contribution is 6.33. The molecule has 0 heterocycles. The Morgan fingerprint density at radius 2 is 1.63 bits per heavy atom. The molecule has 0 aliphatic rings. The second-order valence-corrected chi connectivity index (χ2v) is 6.00. The van der Waals surface area contributed by atoms with Gasteiger partial charge >= 0.3 is 0 Å². The Balaban J connectivity index is 1.61. The molecule has 0 aromatic heterocycles. The van der Waals surface area contributed by atoms with Crippen LogP contribution in [0.4, 0.5) is 5.69 Å². The number of para-hydroxylation sites is 1. The van der Waals surface area contributed by atoms with E-state index in [4.69, 9.17) is 21.1 Å². The number of carbonyl (C=O) groups is 1. The van der Waals surface area contributed by atoms with Gasteiger partial charge in [-0.05, 0) is 54.1 Å². The van der Waals surface area contributed by atoms with Gasteiger partial charge in [-0.15, -0.1) is 0 Å². The van der Waals surface area contributed by atoms with Crippen molar-refractivity contribution in [2.45, 2.75) is 0 Å². The lowest BCUT2D eigenvalue weighted by Gasteiger charge is -2.07. The molecule has 1 N–H and O–H groups in total. The minimum absolute atomic E-state index is 0.259. The molecule has 0 unspecified atom stereocenters. The number of ether oxygens (including phenoxy) is 2. The first-order valence-corrected chi connectivity index (χ1v) is 8.68. The van der Waals surface area contributed by atoms with Gasteiger partial charge < -0.3 is 14.8 Å². The Kier molecular flexibility index (Phi) is 6.13. The Labute approximate surface area is 163 Å². The van der Waals surface area contributed by atoms with Gasteiger partial charge in [-0.1, -0.05) is 41.9 Å². The molecular weight excluding hydrogens is 362 g/mol. The molecular formula is C22H18ClNO3. The average molecular weight is 380 g/mol. The van der Waals surface area contributed by atoms with E-state index in [1.807, 2.05) is 42.5 Å². The van der Waals surface area contributed by atoms with Gasteiger partial charge in [0.2, 0.25) is 5.91 Å². The second-order valence-electron chi connectivity index (χ2n) is 5.63. The zero-order valence-electron chi connectivity index (χ0n) is 14.7. The molecule has 0 saturated heterocycles. The number of hydrogen-bond donors (Lipinski definition) is 1. The molecule has 0 aliphatic carbocycles. The van der Waals surface area contributed by atoms with E-state index >= 15 is 0 Å². The van der Waals surface area contributed by atoms with Crippen LogP contribution in [0.15, 0.2) is 78.9 Å². The summed E-state index contributed by atoms with van der Waals surface area (Å²) in [5, 5.41) is 3.26. The molecule has 0 spiro atoms. The number of carbonyl (C=O) groups excluding carboxylic acids is 1. The monoisotopic (exact) mass is 379 g/mol. The number of nitrogens with one attached hydrogen (secondary N) is 1. The van der Waals surface area contributed by atoms with Gasteiger partial charge in [0.25, 0.3) is 0 Å². The maximum Gasteiger partial charge on any atom is 0.248 e. The van der Waals surface area contributed by atoms with Crippen molar-refractivity contribution in [3.05, 3.63) is 89.5 Å². The molecule has 3 aromatic rings. The third-order valence-corrected chi connectivity index (χ3v) is 4.13. The largest absolute Gasteiger partial charge is 0.495 e. The summed E-state index contributed by atoms with van der Waals surface area (Å²) in [5.41, 5.74) is 1.37. The predicted molar refractivity (Wildman–Crippen MR) is 109 cm³/mol. The SMILES string of the molecule is COc1cccc(/C=C/C(=O)Nc2ccc(Oc3ccccc3)cc2)c1Cl. The van der Waals surface area contributed by atoms with E-state index in [-0.39, 0.29) is 5.91 Å². The van der Waals surface area contributed by atoms with Gasteiger partial charge in [0.1, 0.15) is 17.2 Å². The minimum Gasteiger partial charge on any atom is -0.495 e. The molecule has 0 saturated carbocycles. The maximum absolute atomic E-state index is 12.1. The summed E-state index contributed by atoms with van der Waals surface area (Å²) >= 11 is 6.21. The fourth-order valence-electron chi connectivity index (χ4n) is 2.39. The highest BCUT2D eigenvalue weighted by Gasteiger charge is 2.05. The van der Waals surface area contributed by atoms with Crippen molar-refractivity contribution in [2.75, 3.05) is 12.4 Å². The van der Waals surface area contributed by atoms with Crippen molar-refractivity contribution >= 4 is 29.3 Å². The first kappa shape index (κ1) is 18.5. The van der Waals surface area contributed by atoms with Crippen LogP contribution >= 0.6 is 11.6 Å². The van der Waals surface area contributed by atoms with E-state index in [0.29, 0.717) is 27.8 Å². The van der Waals surface area contributed by atoms with Crippen LogP contribution in [0.3, 0.4) is 0 Å². The molecule has 4 nitrogen and oxygen atoms in total. The van der Waals surface area contributed by atoms with Crippen LogP contribution in [0.5, 0.6) is 17.2 Å². The summed E-state index contributed by atoms with van der Waals surface area (Å²) in [6.45, 7) is 0. The van der Waals surface area contributed by atoms with Crippen LogP contribution in [0, 0.1) is 0 Å². The van der Waals surface area contributed by atoms with Crippen LogP contribution in [-0.4, -0.2) is 13.0 Å². The van der Waals surface area contributed by atoms with E-state index in [9.17, 15) is 4.79 Å². The molecule has 1 amide bonds. The number of anilines is 1. The third kappa shape index (κ3) is 5.12. The van der Waals surface area contributed by atoms with Crippen molar-refractivity contribution < 1.29 is 14.3 Å². The standard InChI is InChI=1S/C22H18ClNO3/c1-26-20-9-5-6-16(22(20)23)10-15-21(25)24-17-11-13-19(14-12-17)27-18-7-3-2-4-8-18/h2-15H,1H3,(H,24,25)/b15-10+. The number of benzene rings is 3. The fourth-order valence-corrected chi connectivity index (χ4v) is 2.66. The number of rotatable bonds is 6. The Bertz CT molecular complexity index is 938. The molecule has 0 bridgehead atoms. The van der Waals surface area contributed by atoms with Gasteiger partial charge in [-0.2, -0.15) is 0 Å². The van der Waals surface area contributed by atoms with Crippen LogP contribution in [-0.2, 0) is 4.79 Å². The molecule has 5 heteroatoms. The molecule has 27 heavy (non-hydrogen) atoms. The van der Waals surface area contributed by atoms with E-state index in [1.54, 1.807) is 43.5 Å². The summed E-state index contributed by atoms with van der Waals surface area (Å²) in [6, 6.07) is 22.0. The fraction of sp³-hybridized carbons (Fsp3) is 0.0455. The van der Waals surface area contributed by atoms with Gasteiger partial charge in [-0.3, -0.25) is 4.79 Å². The average Bonchev–Trinajstić information content (AvgIpc) is 2.69. The lowest BCUT2D eigenvalue weighted by molar-refractivity contribution is -0.111. The Morgan fingerprint density at radius 1 is 0.926 bits per heavy atom. The first-order chi connectivity index (χ1) is 13.2. The minimum atomic E-state index is -0.259. The van der Waals surface area contributed by atoms with Crippen molar-refractivity contribution in [3.8, 4) is 17.2 Å². The lowest BCUT2D eigenvalue weighted by Crippen LogP contribution is -2.07. The molecule has 0 atom stereocenters. The molecule has 3 aromatic carbocycles. The summed E-state index contributed by atoms with van der Waals surface area (Å²) in [4.78, 5) is 12.1. The van der Waals surface area contributed by atoms with E-state index in [1.165, 1.54) is 6.08 Å². The Morgan fingerprint density at radius 3 is 2.33 bits per heavy atom. The van der Waals surface area contributed by atoms with Crippen molar-refractivity contribution in [1.82, 2.24) is 0 Å². The topological polar surface area (TPSA) is 47.6 Å². The van der Waals surface area contributed by atoms with E-state index in [2.05, 4.69) is 5.32 Å². The molecule has 0 radical (unpaired) electrons. The molecule has 0 aliphatic heterocycles. The summed E-state index contributed by atoms with van der Waals surface area (Å²) in [5.74, 6) is 1.75. The quantitative estimate of drug-likeness (QED) is 0.551. The number of hydrogen-bond acceptors (Lipinski definition) is 3. The van der Waals surface area contributed by atoms with Crippen molar-refractivity contribution in [3.63, 3.8) is 0 Å². The van der Waals surface area contributed by atoms with Crippen LogP contribution in [0.2, 0.25) is 5.02 Å². The van der Waals surface area contributed by atoms with Crippen LogP contribution < -0.4 is 14.8 Å². The summed E-state index contributed by atoms with van der Waals surface area (Å²) < 4.78 is 10.9. The summed E-state index contributed by atoms with van der Waals surface area (Å²) in [7, 11) is 1.55. The smallest absolute Gasteiger partial charge is 0.248 e. The predicted octanol–water partition coefficient (Wildman–Crippen LogP) is 5.79. The van der Waals surface area contributed by atoms with E-state index in [0.717, 1.165) is 5.75 Å². The molecule has 0 fully saturated rings. The second kappa shape index (κ2) is 8.92. The number of amides is 1. The van der Waals surface area contributed by atoms with E-state index < -0.39 is 0 Å². The lowest BCUT2D eigenvalue weighted by atomic mass is 10.2. The van der Waals surface area contributed by atoms with Crippen LogP contribution in [0.25, 0.3) is 6.08 Å². The van der Waals surface area contributed by atoms with Gasteiger partial charge in [0, 0.05) is 11.8 Å². The zero-order chi connectivity index (χ0) is 19.1. The van der Waals surface area contributed by atoms with Gasteiger partial charge in [0.15, 0.2) is 0 Å². The molecule has 3 rings (SSSR count). The highest BCUT2D eigenvalue weighted by Crippen LogP contribution is 2.28. The Hall–Kier alpha value is -3.24. The van der Waals surface area contributed by atoms with Crippen molar-refractivity contribution in [2.24, 2.45) is 0 Å². The maximum atomic E-state index is 12.1. The van der Waals surface area contributed by atoms with Crippen LogP contribution in [0.1, 0.15) is 5.56 Å². The van der Waals surface area contributed by atoms with Gasteiger partial charge in [0.05, 0.1) is 12.1 Å². The number of halogens is 1. The molecule has 136 valence electrons. The zero-order valence-corrected chi connectivity index (χ0v) is 15.4. The van der Waals surface area contributed by atoms with Crippen molar-refractivity contribution in [1.29, 1.82) is 0 Å². The first-order valence-electron chi connectivity index (χ1n) is 8.30. The normalized spacial score (nSPS) is 10.6. The highest BCUT2D eigenvalue weighted by atomic mass is 35.5. The summed E-state index contributed by atoms with van der Waals surface area (Å²) in [6.07, 6.45) is 3.07. The number of methoxy groups -OCH3 is 1. The van der Waals surface area contributed by atoms with Gasteiger partial charge in [-0.25, -0.2) is 0 Å².